The van der Waals surface area contributed by atoms with Crippen molar-refractivity contribution in [3.63, 3.8) is 0 Å². The average Bonchev–Trinajstić information content (AvgIpc) is 3.38. The van der Waals surface area contributed by atoms with Crippen LogP contribution in [0.2, 0.25) is 10.0 Å². The Labute approximate surface area is 224 Å². The molecular formula is C27H26Cl2N4O4. The second-order valence-electron chi connectivity index (χ2n) is 8.47. The first-order valence-corrected chi connectivity index (χ1v) is 12.3. The van der Waals surface area contributed by atoms with Crippen molar-refractivity contribution in [2.45, 2.75) is 19.3 Å². The number of carbonyl (C=O) groups excluding carboxylic acids is 3. The van der Waals surface area contributed by atoms with E-state index in [2.05, 4.69) is 5.32 Å². The quantitative estimate of drug-likeness (QED) is 0.475. The predicted octanol–water partition coefficient (Wildman–Crippen LogP) is 3.70. The number of benzene rings is 3. The number of amides is 3. The van der Waals surface area contributed by atoms with E-state index < -0.39 is 18.0 Å². The van der Waals surface area contributed by atoms with Crippen molar-refractivity contribution in [3.8, 4) is 5.75 Å². The summed E-state index contributed by atoms with van der Waals surface area (Å²) in [4.78, 5) is 43.1. The third-order valence-corrected chi connectivity index (χ3v) is 6.86. The molecule has 1 aliphatic heterocycles. The molecule has 1 saturated heterocycles. The molecule has 0 aromatic heterocycles. The number of hydrogen-bond donors (Lipinski definition) is 2. The third kappa shape index (κ3) is 5.88. The van der Waals surface area contributed by atoms with Gasteiger partial charge in [-0.25, -0.2) is 0 Å². The maximum atomic E-state index is 13.5. The van der Waals surface area contributed by atoms with Crippen molar-refractivity contribution in [1.82, 2.24) is 15.1 Å². The van der Waals surface area contributed by atoms with E-state index in [1.807, 2.05) is 24.3 Å². The van der Waals surface area contributed by atoms with E-state index in [9.17, 15) is 14.4 Å². The molecule has 3 aromatic carbocycles. The highest BCUT2D eigenvalue weighted by Gasteiger charge is 2.43. The SMILES string of the molecule is COc1ccc(C(=O)N2CCN(C(=O)c3ccc(Cl)c(Cl)c3)C2C(=O)NCc2cccc(CN)c2)cc1. The van der Waals surface area contributed by atoms with Crippen LogP contribution in [-0.4, -0.2) is 53.9 Å². The molecular weight excluding hydrogens is 515 g/mol. The molecule has 1 atom stereocenters. The zero-order valence-corrected chi connectivity index (χ0v) is 21.6. The van der Waals surface area contributed by atoms with Crippen LogP contribution < -0.4 is 15.8 Å². The predicted molar refractivity (Wildman–Crippen MR) is 141 cm³/mol. The van der Waals surface area contributed by atoms with Crippen molar-refractivity contribution < 1.29 is 19.1 Å². The molecule has 1 fully saturated rings. The minimum atomic E-state index is -1.16. The molecule has 3 N–H and O–H groups in total. The van der Waals surface area contributed by atoms with Gasteiger partial charge in [0.05, 0.1) is 17.2 Å². The monoisotopic (exact) mass is 540 g/mol. The Balaban J connectivity index is 1.61. The van der Waals surface area contributed by atoms with Crippen LogP contribution in [0.25, 0.3) is 0 Å². The molecule has 0 radical (unpaired) electrons. The smallest absolute Gasteiger partial charge is 0.264 e. The lowest BCUT2D eigenvalue weighted by Crippen LogP contribution is -2.53. The van der Waals surface area contributed by atoms with E-state index in [1.165, 1.54) is 35.1 Å². The number of nitrogens with one attached hydrogen (secondary N) is 1. The van der Waals surface area contributed by atoms with Crippen molar-refractivity contribution in [1.29, 1.82) is 0 Å². The number of nitrogens with zero attached hydrogens (tertiary/aromatic N) is 2. The molecule has 10 heteroatoms. The molecule has 4 rings (SSSR count). The summed E-state index contributed by atoms with van der Waals surface area (Å²) in [5.41, 5.74) is 8.15. The summed E-state index contributed by atoms with van der Waals surface area (Å²) in [7, 11) is 1.54. The zero-order chi connectivity index (χ0) is 26.5. The summed E-state index contributed by atoms with van der Waals surface area (Å²) in [5, 5.41) is 3.40. The molecule has 3 aromatic rings. The Bertz CT molecular complexity index is 1320. The lowest BCUT2D eigenvalue weighted by atomic mass is 10.1. The van der Waals surface area contributed by atoms with Gasteiger partial charge in [-0.3, -0.25) is 14.4 Å². The maximum absolute atomic E-state index is 13.5. The normalized spacial score (nSPS) is 15.0. The topological polar surface area (TPSA) is 105 Å². The second kappa shape index (κ2) is 11.6. The molecule has 0 bridgehead atoms. The van der Waals surface area contributed by atoms with E-state index in [0.29, 0.717) is 22.9 Å². The van der Waals surface area contributed by atoms with Crippen molar-refractivity contribution in [3.05, 3.63) is 99.0 Å². The molecule has 1 heterocycles. The van der Waals surface area contributed by atoms with Crippen molar-refractivity contribution in [2.24, 2.45) is 5.73 Å². The van der Waals surface area contributed by atoms with E-state index in [0.717, 1.165) is 11.1 Å². The van der Waals surface area contributed by atoms with Gasteiger partial charge in [-0.2, -0.15) is 0 Å². The molecule has 37 heavy (non-hydrogen) atoms. The van der Waals surface area contributed by atoms with Gasteiger partial charge in [0.2, 0.25) is 0 Å². The fraction of sp³-hybridized carbons (Fsp3) is 0.222. The first kappa shape index (κ1) is 26.5. The Morgan fingerprint density at radius 2 is 1.51 bits per heavy atom. The summed E-state index contributed by atoms with van der Waals surface area (Å²) >= 11 is 12.1. The maximum Gasteiger partial charge on any atom is 0.264 e. The average molecular weight is 541 g/mol. The van der Waals surface area contributed by atoms with Gasteiger partial charge < -0.3 is 25.6 Å². The van der Waals surface area contributed by atoms with Crippen LogP contribution in [0.3, 0.4) is 0 Å². The van der Waals surface area contributed by atoms with Crippen LogP contribution in [0.4, 0.5) is 0 Å². The van der Waals surface area contributed by atoms with E-state index in [4.69, 9.17) is 33.7 Å². The molecule has 192 valence electrons. The Morgan fingerprint density at radius 3 is 2.14 bits per heavy atom. The minimum Gasteiger partial charge on any atom is -0.497 e. The number of hydrogen-bond acceptors (Lipinski definition) is 5. The summed E-state index contributed by atoms with van der Waals surface area (Å²) in [6.45, 7) is 0.934. The van der Waals surface area contributed by atoms with Gasteiger partial charge in [0.15, 0.2) is 6.17 Å². The zero-order valence-electron chi connectivity index (χ0n) is 20.1. The summed E-state index contributed by atoms with van der Waals surface area (Å²) in [6, 6.07) is 18.6. The van der Waals surface area contributed by atoms with Crippen LogP contribution in [0.1, 0.15) is 31.8 Å². The molecule has 0 spiro atoms. The number of methoxy groups -OCH3 is 1. The number of nitrogens with two attached hydrogens (primary N) is 1. The van der Waals surface area contributed by atoms with Gasteiger partial charge >= 0.3 is 0 Å². The number of rotatable bonds is 7. The Kier molecular flexibility index (Phi) is 8.33. The van der Waals surface area contributed by atoms with Gasteiger partial charge in [0, 0.05) is 37.3 Å². The Morgan fingerprint density at radius 1 is 0.892 bits per heavy atom. The largest absolute Gasteiger partial charge is 0.497 e. The number of halogens is 2. The van der Waals surface area contributed by atoms with Crippen LogP contribution >= 0.6 is 23.2 Å². The summed E-state index contributed by atoms with van der Waals surface area (Å²) in [5.74, 6) is -0.694. The lowest BCUT2D eigenvalue weighted by Gasteiger charge is -2.29. The minimum absolute atomic E-state index is 0.168. The highest BCUT2D eigenvalue weighted by Crippen LogP contribution is 2.26. The van der Waals surface area contributed by atoms with Crippen molar-refractivity contribution >= 4 is 40.9 Å². The molecule has 3 amide bonds. The first-order valence-electron chi connectivity index (χ1n) is 11.6. The van der Waals surface area contributed by atoms with E-state index in [1.54, 1.807) is 24.3 Å². The number of ether oxygens (including phenoxy) is 1. The second-order valence-corrected chi connectivity index (χ2v) is 9.28. The highest BCUT2D eigenvalue weighted by molar-refractivity contribution is 6.42. The highest BCUT2D eigenvalue weighted by atomic mass is 35.5. The number of carbonyl (C=O) groups is 3. The standard InChI is InChI=1S/C27H26Cl2N4O4/c1-37-21-8-5-19(6-9-21)26(35)32-11-12-33(27(36)20-7-10-22(28)23(29)14-20)25(32)24(34)31-16-18-4-2-3-17(13-18)15-30/h2-10,13-14,25H,11-12,15-16,30H2,1H3,(H,31,34). The third-order valence-electron chi connectivity index (χ3n) is 6.13. The van der Waals surface area contributed by atoms with E-state index >= 15 is 0 Å². The fourth-order valence-electron chi connectivity index (χ4n) is 4.18. The van der Waals surface area contributed by atoms with Gasteiger partial charge in [-0.05, 0) is 53.6 Å². The molecule has 0 aliphatic carbocycles. The van der Waals surface area contributed by atoms with E-state index in [-0.39, 0.29) is 36.1 Å². The Hall–Kier alpha value is -3.59. The van der Waals surface area contributed by atoms with Crippen LogP contribution in [0.5, 0.6) is 5.75 Å². The van der Waals surface area contributed by atoms with Crippen LogP contribution in [-0.2, 0) is 17.9 Å². The molecule has 1 unspecified atom stereocenters. The van der Waals surface area contributed by atoms with Gasteiger partial charge in [0.25, 0.3) is 17.7 Å². The summed E-state index contributed by atoms with van der Waals surface area (Å²) in [6.07, 6.45) is -1.16. The molecule has 1 aliphatic rings. The van der Waals surface area contributed by atoms with Crippen LogP contribution in [0, 0.1) is 0 Å². The van der Waals surface area contributed by atoms with Gasteiger partial charge in [-0.1, -0.05) is 47.5 Å². The van der Waals surface area contributed by atoms with Crippen LogP contribution in [0.15, 0.2) is 66.7 Å². The van der Waals surface area contributed by atoms with Crippen molar-refractivity contribution in [2.75, 3.05) is 20.2 Å². The lowest BCUT2D eigenvalue weighted by molar-refractivity contribution is -0.128. The van der Waals surface area contributed by atoms with Gasteiger partial charge in [0.1, 0.15) is 5.75 Å². The first-order chi connectivity index (χ1) is 17.8. The van der Waals surface area contributed by atoms with Gasteiger partial charge in [-0.15, -0.1) is 0 Å². The summed E-state index contributed by atoms with van der Waals surface area (Å²) < 4.78 is 5.17. The molecule has 8 nitrogen and oxygen atoms in total. The molecule has 0 saturated carbocycles. The fourth-order valence-corrected chi connectivity index (χ4v) is 4.48.